The second-order valence-corrected chi connectivity index (χ2v) is 8.79. The summed E-state index contributed by atoms with van der Waals surface area (Å²) in [6, 6.07) is 13.3. The van der Waals surface area contributed by atoms with Crippen LogP contribution in [0.15, 0.2) is 48.5 Å². The summed E-state index contributed by atoms with van der Waals surface area (Å²) in [4.78, 5) is 27.1. The fourth-order valence-corrected chi connectivity index (χ4v) is 3.06. The van der Waals surface area contributed by atoms with E-state index in [1.165, 1.54) is 11.0 Å². The van der Waals surface area contributed by atoms with Gasteiger partial charge in [0.1, 0.15) is 17.6 Å². The first-order chi connectivity index (χ1) is 14.6. The third-order valence-electron chi connectivity index (χ3n) is 4.79. The van der Waals surface area contributed by atoms with Gasteiger partial charge >= 0.3 is 0 Å². The third kappa shape index (κ3) is 8.04. The molecule has 2 rings (SSSR count). The number of amides is 2. The highest BCUT2D eigenvalue weighted by Crippen LogP contribution is 2.16. The Bertz CT molecular complexity index is 875. The van der Waals surface area contributed by atoms with Gasteiger partial charge < -0.3 is 15.0 Å². The van der Waals surface area contributed by atoms with Crippen molar-refractivity contribution in [3.63, 3.8) is 0 Å². The molecule has 2 aromatic rings. The van der Waals surface area contributed by atoms with E-state index >= 15 is 0 Å². The molecule has 1 atom stereocenters. The number of nitrogens with zero attached hydrogens (tertiary/aromatic N) is 1. The van der Waals surface area contributed by atoms with Gasteiger partial charge in [0.05, 0.1) is 6.61 Å². The second-order valence-electron chi connectivity index (χ2n) is 8.79. The Morgan fingerprint density at radius 2 is 1.74 bits per heavy atom. The number of ether oxygens (including phenoxy) is 1. The van der Waals surface area contributed by atoms with Crippen molar-refractivity contribution < 1.29 is 18.7 Å². The van der Waals surface area contributed by atoms with E-state index in [1.807, 2.05) is 52.0 Å². The van der Waals surface area contributed by atoms with Crippen molar-refractivity contribution in [1.82, 2.24) is 10.2 Å². The third-order valence-corrected chi connectivity index (χ3v) is 4.79. The Hall–Kier alpha value is -2.89. The van der Waals surface area contributed by atoms with E-state index in [0.717, 1.165) is 11.3 Å². The zero-order chi connectivity index (χ0) is 23.0. The molecule has 31 heavy (non-hydrogen) atoms. The average Bonchev–Trinajstić information content (AvgIpc) is 2.70. The van der Waals surface area contributed by atoms with Crippen molar-refractivity contribution in [1.29, 1.82) is 0 Å². The molecule has 5 nitrogen and oxygen atoms in total. The van der Waals surface area contributed by atoms with Crippen LogP contribution in [0.1, 0.15) is 51.7 Å². The van der Waals surface area contributed by atoms with Gasteiger partial charge in [0, 0.05) is 24.1 Å². The lowest BCUT2D eigenvalue weighted by Crippen LogP contribution is -2.52. The van der Waals surface area contributed by atoms with Gasteiger partial charge in [-0.2, -0.15) is 0 Å². The van der Waals surface area contributed by atoms with Gasteiger partial charge in [-0.3, -0.25) is 9.59 Å². The van der Waals surface area contributed by atoms with E-state index in [0.29, 0.717) is 18.6 Å². The minimum Gasteiger partial charge on any atom is -0.494 e. The Kier molecular flexibility index (Phi) is 8.60. The maximum atomic E-state index is 14.2. The van der Waals surface area contributed by atoms with Gasteiger partial charge in [0.2, 0.25) is 11.8 Å². The first-order valence-corrected chi connectivity index (χ1v) is 10.6. The molecule has 0 radical (unpaired) electrons. The van der Waals surface area contributed by atoms with E-state index in [2.05, 4.69) is 5.32 Å². The summed E-state index contributed by atoms with van der Waals surface area (Å²) in [6.07, 6.45) is 0.696. The van der Waals surface area contributed by atoms with E-state index in [4.69, 9.17) is 4.74 Å². The quantitative estimate of drug-likeness (QED) is 0.593. The number of benzene rings is 2. The number of carbonyl (C=O) groups is 2. The smallest absolute Gasteiger partial charge is 0.242 e. The predicted molar refractivity (Wildman–Crippen MR) is 120 cm³/mol. The Labute approximate surface area is 184 Å². The molecule has 0 aromatic heterocycles. The van der Waals surface area contributed by atoms with Crippen molar-refractivity contribution in [2.75, 3.05) is 6.61 Å². The number of nitrogens with one attached hydrogen (secondary N) is 1. The summed E-state index contributed by atoms with van der Waals surface area (Å²) in [5.74, 6) is -0.133. The van der Waals surface area contributed by atoms with Crippen molar-refractivity contribution in [3.8, 4) is 5.75 Å². The monoisotopic (exact) mass is 428 g/mol. The van der Waals surface area contributed by atoms with Crippen molar-refractivity contribution >= 4 is 11.8 Å². The van der Waals surface area contributed by atoms with Crippen LogP contribution in [0, 0.1) is 12.7 Å². The first kappa shape index (κ1) is 24.4. The molecular weight excluding hydrogens is 395 g/mol. The summed E-state index contributed by atoms with van der Waals surface area (Å²) < 4.78 is 19.9. The van der Waals surface area contributed by atoms with Crippen LogP contribution in [0.25, 0.3) is 0 Å². The van der Waals surface area contributed by atoms with Gasteiger partial charge in [-0.05, 0) is 59.2 Å². The summed E-state index contributed by atoms with van der Waals surface area (Å²) in [6.45, 7) is 9.72. The minimum absolute atomic E-state index is 0.0308. The molecule has 6 heteroatoms. The highest BCUT2D eigenvalue weighted by Gasteiger charge is 2.28. The molecule has 0 aliphatic rings. The molecule has 168 valence electrons. The lowest BCUT2D eigenvalue weighted by Gasteiger charge is -2.31. The minimum atomic E-state index is -0.732. The van der Waals surface area contributed by atoms with Crippen LogP contribution in [-0.2, 0) is 16.1 Å². The second kappa shape index (κ2) is 10.9. The van der Waals surface area contributed by atoms with Gasteiger partial charge in [-0.25, -0.2) is 4.39 Å². The van der Waals surface area contributed by atoms with E-state index in [-0.39, 0.29) is 24.8 Å². The molecule has 1 N–H and O–H groups in total. The van der Waals surface area contributed by atoms with Gasteiger partial charge in [0.25, 0.3) is 0 Å². The van der Waals surface area contributed by atoms with Gasteiger partial charge in [-0.1, -0.05) is 35.9 Å². The molecule has 0 saturated carbocycles. The maximum absolute atomic E-state index is 14.2. The molecule has 0 saturated heterocycles. The molecular formula is C25H33FN2O3. The highest BCUT2D eigenvalue weighted by atomic mass is 19.1. The van der Waals surface area contributed by atoms with Crippen molar-refractivity contribution in [3.05, 3.63) is 65.5 Å². The Morgan fingerprint density at radius 1 is 1.10 bits per heavy atom. The number of carbonyl (C=O) groups excluding carboxylic acids is 2. The van der Waals surface area contributed by atoms with Crippen molar-refractivity contribution in [2.45, 2.75) is 65.6 Å². The number of halogens is 1. The summed E-state index contributed by atoms with van der Waals surface area (Å²) >= 11 is 0. The number of aryl methyl sites for hydroxylation is 1. The molecule has 0 fully saturated rings. The number of rotatable bonds is 9. The average molecular weight is 429 g/mol. The van der Waals surface area contributed by atoms with E-state index < -0.39 is 17.4 Å². The van der Waals surface area contributed by atoms with E-state index in [1.54, 1.807) is 25.1 Å². The summed E-state index contributed by atoms with van der Waals surface area (Å²) in [5.41, 5.74) is 1.09. The number of hydrogen-bond acceptors (Lipinski definition) is 3. The normalized spacial score (nSPS) is 12.2. The van der Waals surface area contributed by atoms with Crippen LogP contribution in [0.4, 0.5) is 4.39 Å². The zero-order valence-corrected chi connectivity index (χ0v) is 19.1. The van der Waals surface area contributed by atoms with Crippen LogP contribution in [0.3, 0.4) is 0 Å². The largest absolute Gasteiger partial charge is 0.494 e. The standard InChI is InChI=1S/C25H33FN2O3/c1-18-12-14-21(15-13-18)31-16-8-11-23(29)28(17-20-9-6-7-10-22(20)26)19(2)24(30)27-25(3,4)5/h6-7,9-10,12-15,19H,8,11,16-17H2,1-5H3,(H,27,30)/t19-/m0/s1. The highest BCUT2D eigenvalue weighted by molar-refractivity contribution is 5.87. The van der Waals surface area contributed by atoms with E-state index in [9.17, 15) is 14.0 Å². The molecule has 0 bridgehead atoms. The first-order valence-electron chi connectivity index (χ1n) is 10.6. The molecule has 0 spiro atoms. The van der Waals surface area contributed by atoms with Gasteiger partial charge in [-0.15, -0.1) is 0 Å². The molecule has 0 aliphatic heterocycles. The molecule has 0 unspecified atom stereocenters. The summed E-state index contributed by atoms with van der Waals surface area (Å²) in [7, 11) is 0. The zero-order valence-electron chi connectivity index (χ0n) is 19.1. The predicted octanol–water partition coefficient (Wildman–Crippen LogP) is 4.63. The Balaban J connectivity index is 2.03. The fourth-order valence-electron chi connectivity index (χ4n) is 3.06. The van der Waals surface area contributed by atoms with Crippen LogP contribution in [0.2, 0.25) is 0 Å². The lowest BCUT2D eigenvalue weighted by molar-refractivity contribution is -0.141. The summed E-state index contributed by atoms with van der Waals surface area (Å²) in [5, 5.41) is 2.90. The molecule has 2 amide bonds. The van der Waals surface area contributed by atoms with Crippen LogP contribution in [-0.4, -0.2) is 34.9 Å². The number of hydrogen-bond donors (Lipinski definition) is 1. The fraction of sp³-hybridized carbons (Fsp3) is 0.440. The SMILES string of the molecule is Cc1ccc(OCCCC(=O)N(Cc2ccccc2F)[C@@H](C)C(=O)NC(C)(C)C)cc1. The Morgan fingerprint density at radius 3 is 2.35 bits per heavy atom. The van der Waals surface area contributed by atoms with Crippen LogP contribution >= 0.6 is 0 Å². The maximum Gasteiger partial charge on any atom is 0.242 e. The molecule has 2 aromatic carbocycles. The molecule has 0 aliphatic carbocycles. The van der Waals surface area contributed by atoms with Crippen LogP contribution in [0.5, 0.6) is 5.75 Å². The lowest BCUT2D eigenvalue weighted by atomic mass is 10.1. The van der Waals surface area contributed by atoms with Gasteiger partial charge in [0.15, 0.2) is 0 Å². The topological polar surface area (TPSA) is 58.6 Å². The molecule has 0 heterocycles. The van der Waals surface area contributed by atoms with Crippen LogP contribution < -0.4 is 10.1 Å². The van der Waals surface area contributed by atoms with Crippen molar-refractivity contribution in [2.24, 2.45) is 0 Å².